The van der Waals surface area contributed by atoms with Crippen LogP contribution in [0.2, 0.25) is 0 Å². The second-order valence-electron chi connectivity index (χ2n) is 5.51. The maximum Gasteiger partial charge on any atom is 0.427 e. The highest BCUT2D eigenvalue weighted by Gasteiger charge is 2.77. The molecule has 0 spiro atoms. The normalized spacial score (nSPS) is 32.2. The van der Waals surface area contributed by atoms with Crippen molar-refractivity contribution in [2.75, 3.05) is 0 Å². The molecule has 0 saturated carbocycles. The van der Waals surface area contributed by atoms with Crippen LogP contribution >= 0.6 is 18.2 Å². The third kappa shape index (κ3) is 3.26. The lowest BCUT2D eigenvalue weighted by Gasteiger charge is -2.46. The molecule has 1 rings (SSSR count). The molecule has 0 radical (unpaired) electrons. The first-order valence-corrected chi connectivity index (χ1v) is 7.79. The molecule has 0 aromatic carbocycles. The second kappa shape index (κ2) is 4.76. The lowest BCUT2D eigenvalue weighted by molar-refractivity contribution is -0.373. The van der Waals surface area contributed by atoms with Gasteiger partial charge in [0, 0.05) is 17.7 Å². The smallest absolute Gasteiger partial charge is 0.293 e. The SMILES string of the molecule is CC(C)(C)C1CC(C(F)(F)F)(C(F)(F)F)OP(=O)(Cl)O1. The summed E-state index contributed by atoms with van der Waals surface area (Å²) in [4.78, 5) is 0. The number of alkyl halides is 6. The Balaban J connectivity index is 3.42. The van der Waals surface area contributed by atoms with Gasteiger partial charge in [0.2, 0.25) is 0 Å². The summed E-state index contributed by atoms with van der Waals surface area (Å²) in [5.74, 6) is 0. The molecule has 2 atom stereocenters. The zero-order valence-electron chi connectivity index (χ0n) is 10.6. The molecule has 0 aromatic heterocycles. The van der Waals surface area contributed by atoms with Crippen molar-refractivity contribution in [3.8, 4) is 0 Å². The predicted octanol–water partition coefficient (Wildman–Crippen LogP) is 5.05. The molecule has 1 fully saturated rings. The van der Waals surface area contributed by atoms with Crippen LogP contribution in [-0.4, -0.2) is 24.1 Å². The van der Waals surface area contributed by atoms with Crippen LogP contribution in [0, 0.1) is 5.41 Å². The number of hydrogen-bond acceptors (Lipinski definition) is 3. The molecule has 1 saturated heterocycles. The third-order valence-corrected chi connectivity index (χ3v) is 4.35. The number of rotatable bonds is 0. The Bertz CT molecular complexity index is 413. The zero-order chi connectivity index (χ0) is 16.2. The van der Waals surface area contributed by atoms with E-state index in [9.17, 15) is 30.9 Å². The monoisotopic (exact) mass is 348 g/mol. The molecule has 0 amide bonds. The van der Waals surface area contributed by atoms with Crippen molar-refractivity contribution in [3.05, 3.63) is 0 Å². The minimum atomic E-state index is -5.83. The first kappa shape index (κ1) is 18.1. The Morgan fingerprint density at radius 1 is 1.10 bits per heavy atom. The fourth-order valence-electron chi connectivity index (χ4n) is 1.66. The summed E-state index contributed by atoms with van der Waals surface area (Å²) >= 11 is 5.08. The zero-order valence-corrected chi connectivity index (χ0v) is 12.3. The van der Waals surface area contributed by atoms with E-state index in [1.807, 2.05) is 0 Å². The highest BCUT2D eigenvalue weighted by molar-refractivity contribution is 7.81. The summed E-state index contributed by atoms with van der Waals surface area (Å²) in [6.07, 6.45) is -14.9. The summed E-state index contributed by atoms with van der Waals surface area (Å²) in [6, 6.07) is 0. The largest absolute Gasteiger partial charge is 0.427 e. The molecule has 2 unspecified atom stereocenters. The predicted molar refractivity (Wildman–Crippen MR) is 58.3 cm³/mol. The van der Waals surface area contributed by atoms with Gasteiger partial charge in [-0.3, -0.25) is 9.05 Å². The van der Waals surface area contributed by atoms with Crippen molar-refractivity contribution in [2.24, 2.45) is 5.41 Å². The van der Waals surface area contributed by atoms with Gasteiger partial charge in [0.1, 0.15) is 0 Å². The molecule has 0 aromatic rings. The van der Waals surface area contributed by atoms with Crippen LogP contribution in [0.25, 0.3) is 0 Å². The second-order valence-corrected chi connectivity index (χ2v) is 8.01. The van der Waals surface area contributed by atoms with E-state index in [0.29, 0.717) is 0 Å². The molecule has 0 aliphatic carbocycles. The average molecular weight is 349 g/mol. The first-order chi connectivity index (χ1) is 8.52. The topological polar surface area (TPSA) is 35.5 Å². The molecular weight excluding hydrogens is 337 g/mol. The Kier molecular flexibility index (Phi) is 4.30. The van der Waals surface area contributed by atoms with E-state index >= 15 is 0 Å². The number of halogens is 7. The van der Waals surface area contributed by atoms with Crippen molar-refractivity contribution >= 4 is 18.2 Å². The fraction of sp³-hybridized carbons (Fsp3) is 1.00. The summed E-state index contributed by atoms with van der Waals surface area (Å²) in [6.45, 7) is -0.988. The van der Waals surface area contributed by atoms with Crippen LogP contribution in [0.5, 0.6) is 0 Å². The van der Waals surface area contributed by atoms with Gasteiger partial charge in [-0.05, 0) is 5.41 Å². The van der Waals surface area contributed by atoms with E-state index < -0.39 is 42.8 Å². The molecule has 0 bridgehead atoms. The molecule has 1 heterocycles. The molecule has 120 valence electrons. The van der Waals surface area contributed by atoms with Gasteiger partial charge in [-0.15, -0.1) is 0 Å². The van der Waals surface area contributed by atoms with Gasteiger partial charge in [-0.1, -0.05) is 20.8 Å². The van der Waals surface area contributed by atoms with Crippen molar-refractivity contribution in [1.82, 2.24) is 0 Å². The summed E-state index contributed by atoms with van der Waals surface area (Å²) in [5.41, 5.74) is -5.75. The van der Waals surface area contributed by atoms with Crippen molar-refractivity contribution in [2.45, 2.75) is 51.2 Å². The van der Waals surface area contributed by atoms with Gasteiger partial charge in [0.15, 0.2) is 0 Å². The minimum Gasteiger partial charge on any atom is -0.293 e. The summed E-state index contributed by atoms with van der Waals surface area (Å²) in [7, 11) is 0. The lowest BCUT2D eigenvalue weighted by atomic mass is 9.81. The van der Waals surface area contributed by atoms with E-state index in [0.717, 1.165) is 0 Å². The Hall–Kier alpha value is 0.0200. The van der Waals surface area contributed by atoms with E-state index in [1.54, 1.807) is 0 Å². The average Bonchev–Trinajstić information content (AvgIpc) is 2.09. The van der Waals surface area contributed by atoms with E-state index in [4.69, 9.17) is 11.2 Å². The van der Waals surface area contributed by atoms with Crippen LogP contribution in [-0.2, 0) is 13.6 Å². The Labute approximate surface area is 115 Å². The molecule has 20 heavy (non-hydrogen) atoms. The summed E-state index contributed by atoms with van der Waals surface area (Å²) < 4.78 is 97.3. The van der Waals surface area contributed by atoms with Crippen molar-refractivity contribution < 1.29 is 40.0 Å². The maximum absolute atomic E-state index is 12.9. The van der Waals surface area contributed by atoms with Crippen molar-refractivity contribution in [1.29, 1.82) is 0 Å². The molecule has 0 N–H and O–H groups in total. The molecule has 11 heteroatoms. The quantitative estimate of drug-likeness (QED) is 0.454. The molecule has 3 nitrogen and oxygen atoms in total. The molecular formula is C9H12ClF6O3P. The molecule has 1 aliphatic rings. The van der Waals surface area contributed by atoms with Gasteiger partial charge in [0.05, 0.1) is 6.10 Å². The van der Waals surface area contributed by atoms with Crippen LogP contribution < -0.4 is 0 Å². The van der Waals surface area contributed by atoms with Crippen LogP contribution in [0.4, 0.5) is 26.3 Å². The van der Waals surface area contributed by atoms with Crippen LogP contribution in [0.1, 0.15) is 27.2 Å². The Morgan fingerprint density at radius 3 is 1.80 bits per heavy atom. The van der Waals surface area contributed by atoms with Gasteiger partial charge < -0.3 is 0 Å². The Morgan fingerprint density at radius 2 is 1.50 bits per heavy atom. The highest BCUT2D eigenvalue weighted by atomic mass is 35.7. The van der Waals surface area contributed by atoms with Gasteiger partial charge in [-0.25, -0.2) is 4.57 Å². The highest BCUT2D eigenvalue weighted by Crippen LogP contribution is 2.68. The minimum absolute atomic E-state index is 1.14. The first-order valence-electron chi connectivity index (χ1n) is 5.34. The number of hydrogen-bond donors (Lipinski definition) is 0. The summed E-state index contributed by atoms with van der Waals surface area (Å²) in [5, 5.41) is 0. The molecule has 1 aliphatic heterocycles. The lowest BCUT2D eigenvalue weighted by Crippen LogP contribution is -2.62. The van der Waals surface area contributed by atoms with Gasteiger partial charge in [-0.2, -0.15) is 26.3 Å². The van der Waals surface area contributed by atoms with Crippen molar-refractivity contribution in [3.63, 3.8) is 0 Å². The van der Waals surface area contributed by atoms with Gasteiger partial charge >= 0.3 is 19.3 Å². The van der Waals surface area contributed by atoms with Gasteiger partial charge in [0.25, 0.3) is 5.60 Å². The van der Waals surface area contributed by atoms with E-state index in [1.165, 1.54) is 20.8 Å². The van der Waals surface area contributed by atoms with E-state index in [-0.39, 0.29) is 0 Å². The standard InChI is InChI=1S/C9H12ClF6O3P/c1-6(2,3)5-4-7(8(11,12)13,9(14,15)16)19-20(10,17)18-5/h5H,4H2,1-3H3. The maximum atomic E-state index is 12.9. The van der Waals surface area contributed by atoms with E-state index in [2.05, 4.69) is 9.05 Å². The third-order valence-electron chi connectivity index (χ3n) is 2.87. The fourth-order valence-corrected chi connectivity index (χ4v) is 3.69. The van der Waals surface area contributed by atoms with Crippen LogP contribution in [0.15, 0.2) is 0 Å². The van der Waals surface area contributed by atoms with Crippen LogP contribution in [0.3, 0.4) is 0 Å².